The number of methoxy groups -OCH3 is 1. The molecule has 0 N–H and O–H groups in total. The lowest BCUT2D eigenvalue weighted by Gasteiger charge is -2.26. The van der Waals surface area contributed by atoms with E-state index in [9.17, 15) is 4.79 Å². The van der Waals surface area contributed by atoms with E-state index >= 15 is 0 Å². The van der Waals surface area contributed by atoms with Crippen LogP contribution in [0.15, 0.2) is 22.7 Å². The first-order valence-corrected chi connectivity index (χ1v) is 6.67. The number of carbonyl (C=O) groups is 1. The van der Waals surface area contributed by atoms with E-state index in [2.05, 4.69) is 20.8 Å². The summed E-state index contributed by atoms with van der Waals surface area (Å²) in [7, 11) is 1.39. The molecule has 1 fully saturated rings. The number of hydrogen-bond donors (Lipinski definition) is 0. The Kier molecular flexibility index (Phi) is 4.74. The van der Waals surface area contributed by atoms with E-state index < -0.39 is 0 Å². The van der Waals surface area contributed by atoms with Crippen molar-refractivity contribution in [2.45, 2.75) is 6.54 Å². The number of morpholine rings is 1. The van der Waals surface area contributed by atoms with Gasteiger partial charge < -0.3 is 9.47 Å². The standard InChI is InChI=1S/C13H16BrNO3/c1-17-13(16)11-3-2-10(8-12(11)14)9-15-4-6-18-7-5-15/h2-3,8H,4-7,9H2,1H3. The molecule has 1 aliphatic rings. The Morgan fingerprint density at radius 3 is 2.78 bits per heavy atom. The maximum Gasteiger partial charge on any atom is 0.338 e. The normalized spacial score (nSPS) is 16.6. The van der Waals surface area contributed by atoms with Gasteiger partial charge in [-0.15, -0.1) is 0 Å². The van der Waals surface area contributed by atoms with Crippen LogP contribution in [0.25, 0.3) is 0 Å². The van der Waals surface area contributed by atoms with Gasteiger partial charge in [0.15, 0.2) is 0 Å². The third-order valence-corrected chi connectivity index (χ3v) is 3.60. The lowest BCUT2D eigenvalue weighted by atomic mass is 10.1. The van der Waals surface area contributed by atoms with Crippen LogP contribution >= 0.6 is 15.9 Å². The van der Waals surface area contributed by atoms with Crippen LogP contribution in [0.1, 0.15) is 15.9 Å². The molecule has 98 valence electrons. The number of rotatable bonds is 3. The number of benzene rings is 1. The molecule has 0 aromatic heterocycles. The van der Waals surface area contributed by atoms with E-state index in [-0.39, 0.29) is 5.97 Å². The summed E-state index contributed by atoms with van der Waals surface area (Å²) in [6.45, 7) is 4.37. The van der Waals surface area contributed by atoms with Gasteiger partial charge in [-0.1, -0.05) is 6.07 Å². The van der Waals surface area contributed by atoms with E-state index in [0.29, 0.717) is 5.56 Å². The molecule has 0 radical (unpaired) electrons. The molecule has 1 aromatic rings. The SMILES string of the molecule is COC(=O)c1ccc(CN2CCOCC2)cc1Br. The van der Waals surface area contributed by atoms with Crippen molar-refractivity contribution >= 4 is 21.9 Å². The highest BCUT2D eigenvalue weighted by molar-refractivity contribution is 9.10. The highest BCUT2D eigenvalue weighted by Crippen LogP contribution is 2.20. The van der Waals surface area contributed by atoms with E-state index in [4.69, 9.17) is 9.47 Å². The van der Waals surface area contributed by atoms with Crippen LogP contribution in [0.5, 0.6) is 0 Å². The number of halogens is 1. The van der Waals surface area contributed by atoms with Crippen molar-refractivity contribution < 1.29 is 14.3 Å². The smallest absolute Gasteiger partial charge is 0.338 e. The van der Waals surface area contributed by atoms with Crippen LogP contribution in [0, 0.1) is 0 Å². The fraction of sp³-hybridized carbons (Fsp3) is 0.462. The van der Waals surface area contributed by atoms with E-state index in [1.54, 1.807) is 6.07 Å². The van der Waals surface area contributed by atoms with Gasteiger partial charge in [0.25, 0.3) is 0 Å². The van der Waals surface area contributed by atoms with Crippen molar-refractivity contribution in [1.29, 1.82) is 0 Å². The maximum absolute atomic E-state index is 11.5. The monoisotopic (exact) mass is 313 g/mol. The number of ether oxygens (including phenoxy) is 2. The molecule has 0 amide bonds. The molecule has 0 saturated carbocycles. The molecular formula is C13H16BrNO3. The fourth-order valence-corrected chi connectivity index (χ4v) is 2.54. The third kappa shape index (κ3) is 3.31. The molecule has 5 heteroatoms. The van der Waals surface area contributed by atoms with Crippen molar-refractivity contribution in [3.8, 4) is 0 Å². The molecular weight excluding hydrogens is 298 g/mol. The molecule has 4 nitrogen and oxygen atoms in total. The molecule has 1 saturated heterocycles. The van der Waals surface area contributed by atoms with E-state index in [1.807, 2.05) is 12.1 Å². The summed E-state index contributed by atoms with van der Waals surface area (Å²) in [5, 5.41) is 0. The zero-order chi connectivity index (χ0) is 13.0. The summed E-state index contributed by atoms with van der Waals surface area (Å²) < 4.78 is 10.8. The third-order valence-electron chi connectivity index (χ3n) is 2.95. The van der Waals surface area contributed by atoms with Crippen molar-refractivity contribution in [2.75, 3.05) is 33.4 Å². The Morgan fingerprint density at radius 1 is 1.44 bits per heavy atom. The van der Waals surface area contributed by atoms with Gasteiger partial charge in [-0.2, -0.15) is 0 Å². The van der Waals surface area contributed by atoms with Gasteiger partial charge in [-0.3, -0.25) is 4.90 Å². The maximum atomic E-state index is 11.5. The van der Waals surface area contributed by atoms with Crippen LogP contribution in [-0.2, 0) is 16.0 Å². The minimum Gasteiger partial charge on any atom is -0.465 e. The van der Waals surface area contributed by atoms with Crippen LogP contribution in [0.2, 0.25) is 0 Å². The average molecular weight is 314 g/mol. The predicted molar refractivity (Wildman–Crippen MR) is 71.6 cm³/mol. The molecule has 1 aromatic carbocycles. The molecule has 2 rings (SSSR count). The van der Waals surface area contributed by atoms with Crippen molar-refractivity contribution in [1.82, 2.24) is 4.90 Å². The van der Waals surface area contributed by atoms with E-state index in [1.165, 1.54) is 12.7 Å². The van der Waals surface area contributed by atoms with Crippen LogP contribution < -0.4 is 0 Å². The van der Waals surface area contributed by atoms with Crippen molar-refractivity contribution in [3.63, 3.8) is 0 Å². The van der Waals surface area contributed by atoms with Gasteiger partial charge >= 0.3 is 5.97 Å². The number of carbonyl (C=O) groups excluding carboxylic acids is 1. The number of esters is 1. The molecule has 1 heterocycles. The first kappa shape index (κ1) is 13.5. The molecule has 0 atom stereocenters. The van der Waals surface area contributed by atoms with Crippen molar-refractivity contribution in [3.05, 3.63) is 33.8 Å². The number of hydrogen-bond acceptors (Lipinski definition) is 4. The quantitative estimate of drug-likeness (QED) is 0.801. The largest absolute Gasteiger partial charge is 0.465 e. The second-order valence-electron chi connectivity index (χ2n) is 4.19. The zero-order valence-corrected chi connectivity index (χ0v) is 11.9. The van der Waals surface area contributed by atoms with Gasteiger partial charge in [0, 0.05) is 24.1 Å². The second-order valence-corrected chi connectivity index (χ2v) is 5.05. The first-order valence-electron chi connectivity index (χ1n) is 5.87. The van der Waals surface area contributed by atoms with Gasteiger partial charge in [0.1, 0.15) is 0 Å². The fourth-order valence-electron chi connectivity index (χ4n) is 1.95. The number of nitrogens with zero attached hydrogens (tertiary/aromatic N) is 1. The summed E-state index contributed by atoms with van der Waals surface area (Å²) in [4.78, 5) is 13.8. The first-order chi connectivity index (χ1) is 8.70. The Morgan fingerprint density at radius 2 is 2.17 bits per heavy atom. The highest BCUT2D eigenvalue weighted by atomic mass is 79.9. The molecule has 0 bridgehead atoms. The minimum absolute atomic E-state index is 0.320. The molecule has 0 aliphatic carbocycles. The Balaban J connectivity index is 2.06. The highest BCUT2D eigenvalue weighted by Gasteiger charge is 2.13. The topological polar surface area (TPSA) is 38.8 Å². The zero-order valence-electron chi connectivity index (χ0n) is 10.3. The summed E-state index contributed by atoms with van der Waals surface area (Å²) in [5.41, 5.74) is 1.74. The van der Waals surface area contributed by atoms with Gasteiger partial charge in [0.2, 0.25) is 0 Å². The second kappa shape index (κ2) is 6.31. The van der Waals surface area contributed by atoms with Crippen LogP contribution in [0.3, 0.4) is 0 Å². The minimum atomic E-state index is -0.320. The summed E-state index contributed by atoms with van der Waals surface area (Å²) >= 11 is 3.41. The molecule has 1 aliphatic heterocycles. The van der Waals surface area contributed by atoms with Crippen LogP contribution in [-0.4, -0.2) is 44.3 Å². The Bertz CT molecular complexity index is 430. The van der Waals surface area contributed by atoms with Gasteiger partial charge in [-0.05, 0) is 33.6 Å². The summed E-state index contributed by atoms with van der Waals surface area (Å²) in [6.07, 6.45) is 0. The van der Waals surface area contributed by atoms with Gasteiger partial charge in [-0.25, -0.2) is 4.79 Å². The lowest BCUT2D eigenvalue weighted by Crippen LogP contribution is -2.35. The molecule has 0 spiro atoms. The van der Waals surface area contributed by atoms with Gasteiger partial charge in [0.05, 0.1) is 25.9 Å². The Hall–Kier alpha value is -0.910. The summed E-state index contributed by atoms with van der Waals surface area (Å²) in [5.74, 6) is -0.320. The molecule has 0 unspecified atom stereocenters. The van der Waals surface area contributed by atoms with Crippen LogP contribution in [0.4, 0.5) is 0 Å². The Labute approximate surface area is 115 Å². The van der Waals surface area contributed by atoms with Crippen molar-refractivity contribution in [2.24, 2.45) is 0 Å². The molecule has 18 heavy (non-hydrogen) atoms. The predicted octanol–water partition coefficient (Wildman–Crippen LogP) is 2.07. The lowest BCUT2D eigenvalue weighted by molar-refractivity contribution is 0.0342. The summed E-state index contributed by atoms with van der Waals surface area (Å²) in [6, 6.07) is 5.74. The van der Waals surface area contributed by atoms with E-state index in [0.717, 1.165) is 37.3 Å². The average Bonchev–Trinajstić information content (AvgIpc) is 2.39.